The number of hydrogen-bond acceptors (Lipinski definition) is 6. The Hall–Kier alpha value is -3.61. The van der Waals surface area contributed by atoms with Gasteiger partial charge < -0.3 is 20.4 Å². The number of ether oxygens (including phenoxy) is 1. The normalized spacial score (nSPS) is 10.9. The second kappa shape index (κ2) is 7.96. The zero-order valence-corrected chi connectivity index (χ0v) is 15.7. The van der Waals surface area contributed by atoms with Gasteiger partial charge in [-0.05, 0) is 41.3 Å². The van der Waals surface area contributed by atoms with Crippen molar-refractivity contribution in [3.8, 4) is 5.88 Å². The number of nitrogen functional groups attached to an aromatic ring is 1. The first-order chi connectivity index (χ1) is 13.7. The molecule has 0 aliphatic rings. The molecule has 0 amide bonds. The quantitative estimate of drug-likeness (QED) is 0.516. The van der Waals surface area contributed by atoms with E-state index in [0.717, 1.165) is 34.3 Å². The van der Waals surface area contributed by atoms with Gasteiger partial charge in [0.05, 0.1) is 6.61 Å². The molecule has 0 radical (unpaired) electrons. The fourth-order valence-corrected chi connectivity index (χ4v) is 3.04. The Kier molecular flexibility index (Phi) is 5.05. The number of aromatic nitrogens is 4. The highest BCUT2D eigenvalue weighted by Crippen LogP contribution is 2.23. The van der Waals surface area contributed by atoms with Crippen LogP contribution in [-0.4, -0.2) is 26.1 Å². The molecule has 0 atom stereocenters. The number of nitrogens with one attached hydrogen (secondary N) is 1. The van der Waals surface area contributed by atoms with Crippen molar-refractivity contribution in [2.75, 3.05) is 17.7 Å². The van der Waals surface area contributed by atoms with Gasteiger partial charge in [0, 0.05) is 61.9 Å². The number of rotatable bonds is 7. The van der Waals surface area contributed by atoms with Gasteiger partial charge in [0.1, 0.15) is 11.6 Å². The van der Waals surface area contributed by atoms with Crippen LogP contribution in [0.3, 0.4) is 0 Å². The predicted octanol–water partition coefficient (Wildman–Crippen LogP) is 3.18. The van der Waals surface area contributed by atoms with Crippen molar-refractivity contribution < 1.29 is 4.74 Å². The summed E-state index contributed by atoms with van der Waals surface area (Å²) in [5, 5.41) is 5.45. The lowest BCUT2D eigenvalue weighted by molar-refractivity contribution is 0.305. The summed E-state index contributed by atoms with van der Waals surface area (Å²) in [6.07, 6.45) is 7.94. The Morgan fingerprint density at radius 2 is 1.93 bits per heavy atom. The van der Waals surface area contributed by atoms with Crippen LogP contribution < -0.4 is 15.8 Å². The minimum atomic E-state index is 0.537. The molecule has 1 aromatic carbocycles. The number of pyridine rings is 2. The summed E-state index contributed by atoms with van der Waals surface area (Å²) in [6.45, 7) is 1.21. The van der Waals surface area contributed by atoms with Crippen molar-refractivity contribution in [3.63, 3.8) is 0 Å². The van der Waals surface area contributed by atoms with Crippen molar-refractivity contribution in [1.29, 1.82) is 0 Å². The van der Waals surface area contributed by atoms with Gasteiger partial charge in [-0.15, -0.1) is 0 Å². The van der Waals surface area contributed by atoms with E-state index in [1.54, 1.807) is 18.6 Å². The van der Waals surface area contributed by atoms with Crippen molar-refractivity contribution in [2.45, 2.75) is 13.0 Å². The van der Waals surface area contributed by atoms with Crippen LogP contribution in [0.1, 0.15) is 11.4 Å². The first-order valence-electron chi connectivity index (χ1n) is 9.11. The van der Waals surface area contributed by atoms with E-state index in [0.29, 0.717) is 24.8 Å². The molecule has 0 saturated heterocycles. The van der Waals surface area contributed by atoms with Crippen LogP contribution in [0.25, 0.3) is 10.8 Å². The zero-order chi connectivity index (χ0) is 19.3. The van der Waals surface area contributed by atoms with Crippen molar-refractivity contribution >= 4 is 22.3 Å². The number of imidazole rings is 1. The summed E-state index contributed by atoms with van der Waals surface area (Å²) in [5.41, 5.74) is 8.02. The molecule has 142 valence electrons. The third-order valence-electron chi connectivity index (χ3n) is 4.59. The van der Waals surface area contributed by atoms with E-state index in [4.69, 9.17) is 10.5 Å². The van der Waals surface area contributed by atoms with E-state index < -0.39 is 0 Å². The van der Waals surface area contributed by atoms with E-state index in [-0.39, 0.29) is 0 Å². The molecule has 0 bridgehead atoms. The summed E-state index contributed by atoms with van der Waals surface area (Å²) in [6, 6.07) is 11.9. The molecule has 7 nitrogen and oxygen atoms in total. The molecular weight excluding hydrogens is 352 g/mol. The summed E-state index contributed by atoms with van der Waals surface area (Å²) in [5.74, 6) is 2.15. The highest BCUT2D eigenvalue weighted by molar-refractivity contribution is 5.92. The number of hydrogen-bond donors (Lipinski definition) is 2. The Morgan fingerprint density at radius 3 is 2.79 bits per heavy atom. The van der Waals surface area contributed by atoms with Gasteiger partial charge in [-0.25, -0.2) is 15.0 Å². The van der Waals surface area contributed by atoms with E-state index in [2.05, 4.69) is 26.3 Å². The average Bonchev–Trinajstić information content (AvgIpc) is 3.12. The molecule has 0 saturated carbocycles. The maximum atomic E-state index is 5.91. The molecular formula is C21H22N6O. The van der Waals surface area contributed by atoms with Gasteiger partial charge in [-0.1, -0.05) is 0 Å². The van der Waals surface area contributed by atoms with Gasteiger partial charge in [-0.3, -0.25) is 0 Å². The molecule has 0 unspecified atom stereocenters. The topological polar surface area (TPSA) is 90.9 Å². The Morgan fingerprint density at radius 1 is 1.04 bits per heavy atom. The van der Waals surface area contributed by atoms with Crippen LogP contribution >= 0.6 is 0 Å². The minimum absolute atomic E-state index is 0.537. The van der Waals surface area contributed by atoms with Crippen LogP contribution in [0.2, 0.25) is 0 Å². The highest BCUT2D eigenvalue weighted by atomic mass is 16.5. The third kappa shape index (κ3) is 4.03. The van der Waals surface area contributed by atoms with E-state index in [1.165, 1.54) is 0 Å². The van der Waals surface area contributed by atoms with Crippen LogP contribution in [0.4, 0.5) is 11.5 Å². The summed E-state index contributed by atoms with van der Waals surface area (Å²) in [4.78, 5) is 12.7. The maximum Gasteiger partial charge on any atom is 0.213 e. The van der Waals surface area contributed by atoms with Gasteiger partial charge in [0.15, 0.2) is 0 Å². The minimum Gasteiger partial charge on any atom is -0.477 e. The number of aryl methyl sites for hydroxylation is 1. The van der Waals surface area contributed by atoms with Crippen molar-refractivity contribution in [2.24, 2.45) is 7.05 Å². The van der Waals surface area contributed by atoms with Crippen LogP contribution in [0.15, 0.2) is 61.2 Å². The molecule has 0 aliphatic carbocycles. The van der Waals surface area contributed by atoms with Crippen LogP contribution in [0.5, 0.6) is 5.88 Å². The highest BCUT2D eigenvalue weighted by Gasteiger charge is 2.04. The van der Waals surface area contributed by atoms with E-state index >= 15 is 0 Å². The third-order valence-corrected chi connectivity index (χ3v) is 4.59. The molecule has 0 aliphatic heterocycles. The zero-order valence-electron chi connectivity index (χ0n) is 15.7. The molecule has 3 heterocycles. The maximum absolute atomic E-state index is 5.91. The lowest BCUT2D eigenvalue weighted by atomic mass is 10.1. The number of anilines is 2. The smallest absolute Gasteiger partial charge is 0.213 e. The fourth-order valence-electron chi connectivity index (χ4n) is 3.04. The van der Waals surface area contributed by atoms with Gasteiger partial charge in [0.25, 0.3) is 0 Å². The largest absolute Gasteiger partial charge is 0.477 e. The predicted molar refractivity (Wildman–Crippen MR) is 110 cm³/mol. The average molecular weight is 374 g/mol. The Balaban J connectivity index is 1.36. The molecule has 4 rings (SSSR count). The second-order valence-corrected chi connectivity index (χ2v) is 6.54. The molecule has 0 fully saturated rings. The first-order valence-corrected chi connectivity index (χ1v) is 9.11. The van der Waals surface area contributed by atoms with Gasteiger partial charge in [0.2, 0.25) is 5.88 Å². The molecule has 0 spiro atoms. The number of nitrogens with zero attached hydrogens (tertiary/aromatic N) is 4. The monoisotopic (exact) mass is 374 g/mol. The van der Waals surface area contributed by atoms with E-state index in [1.807, 2.05) is 48.1 Å². The van der Waals surface area contributed by atoms with Crippen LogP contribution in [0, 0.1) is 0 Å². The van der Waals surface area contributed by atoms with Gasteiger partial charge >= 0.3 is 0 Å². The molecule has 3 N–H and O–H groups in total. The summed E-state index contributed by atoms with van der Waals surface area (Å²) >= 11 is 0. The molecule has 28 heavy (non-hydrogen) atoms. The number of benzene rings is 1. The van der Waals surface area contributed by atoms with Gasteiger partial charge in [-0.2, -0.15) is 0 Å². The summed E-state index contributed by atoms with van der Waals surface area (Å²) < 4.78 is 7.78. The first kappa shape index (κ1) is 17.8. The Bertz CT molecular complexity index is 1090. The van der Waals surface area contributed by atoms with Crippen molar-refractivity contribution in [1.82, 2.24) is 19.5 Å². The van der Waals surface area contributed by atoms with Crippen LogP contribution in [-0.2, 0) is 20.0 Å². The lowest BCUT2D eigenvalue weighted by Gasteiger charge is -2.10. The lowest BCUT2D eigenvalue weighted by Crippen LogP contribution is -2.07. The van der Waals surface area contributed by atoms with Crippen molar-refractivity contribution in [3.05, 3.63) is 72.6 Å². The summed E-state index contributed by atoms with van der Waals surface area (Å²) in [7, 11) is 1.98. The second-order valence-electron chi connectivity index (χ2n) is 6.54. The van der Waals surface area contributed by atoms with E-state index in [9.17, 15) is 0 Å². The SMILES string of the molecule is Cn1ccnc1CCOc1cc(CNc2ccc3c(N)nccc3c2)ccn1. The fraction of sp³-hybridized carbons (Fsp3) is 0.190. The standard InChI is InChI=1S/C21H22N6O/c1-27-10-9-23-19(27)6-11-28-20-12-15(4-7-24-20)14-26-17-2-3-18-16(13-17)5-8-25-21(18)22/h2-5,7-10,12-13,26H,6,11,14H2,1H3,(H2,22,25). The number of nitrogens with two attached hydrogens (primary N) is 1. The molecule has 7 heteroatoms. The molecule has 3 aromatic heterocycles. The Labute approximate surface area is 163 Å². The number of fused-ring (bicyclic) bond motifs is 1. The molecule has 4 aromatic rings.